The number of ether oxygens (including phenoxy) is 1. The number of carbonyl (C=O) groups is 1. The lowest BCUT2D eigenvalue weighted by Gasteiger charge is -2.31. The maximum absolute atomic E-state index is 12.7. The highest BCUT2D eigenvalue weighted by Crippen LogP contribution is 2.34. The molecule has 0 radical (unpaired) electrons. The summed E-state index contributed by atoms with van der Waals surface area (Å²) in [6.45, 7) is 2.23. The molecule has 2 fully saturated rings. The Labute approximate surface area is 163 Å². The molecule has 0 unspecified atom stereocenters. The quantitative estimate of drug-likeness (QED) is 0.280. The molecule has 2 aliphatic rings. The van der Waals surface area contributed by atoms with Gasteiger partial charge in [-0.2, -0.15) is 9.65 Å². The van der Waals surface area contributed by atoms with Crippen LogP contribution in [0, 0.1) is 29.1 Å². The summed E-state index contributed by atoms with van der Waals surface area (Å²) in [5, 5.41) is 8.34. The van der Waals surface area contributed by atoms with Crippen molar-refractivity contribution in [3.8, 4) is 6.07 Å². The minimum atomic E-state index is -0.757. The summed E-state index contributed by atoms with van der Waals surface area (Å²) in [6.07, 6.45) is 17.8. The van der Waals surface area contributed by atoms with Crippen molar-refractivity contribution in [2.45, 2.75) is 90.1 Å². The smallest absolute Gasteiger partial charge is 0.309 e. The molecule has 0 aliphatic heterocycles. The van der Waals surface area contributed by atoms with Gasteiger partial charge in [0.2, 0.25) is 0 Å². The topological polar surface area (TPSA) is 50.1 Å². The molecule has 2 aliphatic carbocycles. The normalized spacial score (nSPS) is 29.4. The Morgan fingerprint density at radius 3 is 2.33 bits per heavy atom. The molecule has 3 nitrogen and oxygen atoms in total. The maximum atomic E-state index is 12.7. The predicted molar refractivity (Wildman–Crippen MR) is 105 cm³/mol. The second kappa shape index (κ2) is 12.0. The van der Waals surface area contributed by atoms with Crippen molar-refractivity contribution < 1.29 is 13.9 Å². The van der Waals surface area contributed by atoms with Crippen molar-refractivity contribution in [3.05, 3.63) is 24.1 Å². The highest BCUT2D eigenvalue weighted by atomic mass is 19.1. The van der Waals surface area contributed by atoms with Crippen LogP contribution in [0.25, 0.3) is 0 Å². The summed E-state index contributed by atoms with van der Waals surface area (Å²) in [5.41, 5.74) is 0. The standard InChI is InChI=1S/C23H34FNO2/c1-2-6-18-9-13-20(14-10-18)23(26)27-22-15-11-19(12-16-22)7-4-3-5-8-21(24)17-25/h3,5,8,18-20,22H,2,4,6-7,9-16H2,1H3/t18-,19-,20-,22-. The molecule has 0 bridgehead atoms. The van der Waals surface area contributed by atoms with Gasteiger partial charge in [0.1, 0.15) is 12.2 Å². The van der Waals surface area contributed by atoms with Crippen LogP contribution in [0.5, 0.6) is 0 Å². The van der Waals surface area contributed by atoms with Gasteiger partial charge < -0.3 is 4.74 Å². The average Bonchev–Trinajstić information content (AvgIpc) is 2.69. The fraction of sp³-hybridized carbons (Fsp3) is 0.739. The minimum absolute atomic E-state index is 0.0441. The molecule has 0 spiro atoms. The number of halogens is 1. The molecular formula is C23H34FNO2. The largest absolute Gasteiger partial charge is 0.462 e. The zero-order valence-electron chi connectivity index (χ0n) is 16.7. The molecule has 0 heterocycles. The number of nitriles is 1. The third-order valence-electron chi connectivity index (χ3n) is 6.18. The maximum Gasteiger partial charge on any atom is 0.309 e. The van der Waals surface area contributed by atoms with Gasteiger partial charge in [-0.15, -0.1) is 0 Å². The molecule has 0 saturated heterocycles. The first-order chi connectivity index (χ1) is 13.1. The third-order valence-corrected chi connectivity index (χ3v) is 6.18. The van der Waals surface area contributed by atoms with Crippen LogP contribution in [0.4, 0.5) is 4.39 Å². The van der Waals surface area contributed by atoms with Crippen molar-refractivity contribution in [2.24, 2.45) is 17.8 Å². The van der Waals surface area contributed by atoms with E-state index in [0.717, 1.165) is 57.3 Å². The molecule has 0 aromatic carbocycles. The lowest BCUT2D eigenvalue weighted by atomic mass is 9.80. The van der Waals surface area contributed by atoms with Gasteiger partial charge >= 0.3 is 5.97 Å². The van der Waals surface area contributed by atoms with Crippen LogP contribution in [-0.2, 0) is 9.53 Å². The summed E-state index contributed by atoms with van der Waals surface area (Å²) in [6, 6.07) is 1.46. The number of allylic oxidation sites excluding steroid dienone is 4. The van der Waals surface area contributed by atoms with E-state index in [1.54, 1.807) is 6.08 Å². The number of hydrogen-bond donors (Lipinski definition) is 0. The number of carbonyl (C=O) groups excluding carboxylic acids is 1. The first-order valence-electron chi connectivity index (χ1n) is 10.7. The molecule has 0 aromatic rings. The van der Waals surface area contributed by atoms with E-state index >= 15 is 0 Å². The fourth-order valence-electron chi connectivity index (χ4n) is 4.51. The molecule has 150 valence electrons. The lowest BCUT2D eigenvalue weighted by Crippen LogP contribution is -2.30. The highest BCUT2D eigenvalue weighted by Gasteiger charge is 2.30. The average molecular weight is 376 g/mol. The second-order valence-electron chi connectivity index (χ2n) is 8.22. The van der Waals surface area contributed by atoms with E-state index in [0.29, 0.717) is 5.92 Å². The molecule has 2 saturated carbocycles. The van der Waals surface area contributed by atoms with Gasteiger partial charge in [-0.05, 0) is 82.1 Å². The van der Waals surface area contributed by atoms with Crippen molar-refractivity contribution in [3.63, 3.8) is 0 Å². The van der Waals surface area contributed by atoms with Crippen LogP contribution in [0.1, 0.15) is 84.0 Å². The zero-order chi connectivity index (χ0) is 19.5. The van der Waals surface area contributed by atoms with Crippen molar-refractivity contribution in [1.29, 1.82) is 5.26 Å². The molecule has 4 heteroatoms. The van der Waals surface area contributed by atoms with Crippen LogP contribution in [-0.4, -0.2) is 12.1 Å². The van der Waals surface area contributed by atoms with E-state index < -0.39 is 5.83 Å². The van der Waals surface area contributed by atoms with E-state index in [2.05, 4.69) is 6.92 Å². The van der Waals surface area contributed by atoms with Crippen LogP contribution in [0.3, 0.4) is 0 Å². The van der Waals surface area contributed by atoms with Crippen molar-refractivity contribution in [1.82, 2.24) is 0 Å². The van der Waals surface area contributed by atoms with E-state index in [9.17, 15) is 9.18 Å². The molecule has 0 N–H and O–H groups in total. The Morgan fingerprint density at radius 2 is 1.70 bits per heavy atom. The Hall–Kier alpha value is -1.63. The van der Waals surface area contributed by atoms with Crippen LogP contribution in [0.2, 0.25) is 0 Å². The van der Waals surface area contributed by atoms with Gasteiger partial charge in [-0.1, -0.05) is 31.9 Å². The van der Waals surface area contributed by atoms with E-state index in [-0.39, 0.29) is 18.0 Å². The first kappa shape index (κ1) is 21.7. The van der Waals surface area contributed by atoms with Gasteiger partial charge in [0, 0.05) is 0 Å². The second-order valence-corrected chi connectivity index (χ2v) is 8.22. The summed E-state index contributed by atoms with van der Waals surface area (Å²) >= 11 is 0. The summed E-state index contributed by atoms with van der Waals surface area (Å²) < 4.78 is 18.5. The van der Waals surface area contributed by atoms with Gasteiger partial charge in [0.15, 0.2) is 5.83 Å². The number of esters is 1. The van der Waals surface area contributed by atoms with E-state index in [4.69, 9.17) is 10.00 Å². The monoisotopic (exact) mass is 375 g/mol. The summed E-state index contributed by atoms with van der Waals surface area (Å²) in [7, 11) is 0. The van der Waals surface area contributed by atoms with Gasteiger partial charge in [-0.25, -0.2) is 0 Å². The molecule has 2 rings (SSSR count). The number of nitrogens with zero attached hydrogens (tertiary/aromatic N) is 1. The molecule has 0 amide bonds. The molecule has 0 aromatic heterocycles. The molecule has 27 heavy (non-hydrogen) atoms. The first-order valence-corrected chi connectivity index (χ1v) is 10.7. The Morgan fingerprint density at radius 1 is 1.07 bits per heavy atom. The van der Waals surface area contributed by atoms with Crippen LogP contribution >= 0.6 is 0 Å². The molecular weight excluding hydrogens is 341 g/mol. The number of rotatable bonds is 8. The van der Waals surface area contributed by atoms with Crippen LogP contribution in [0.15, 0.2) is 24.1 Å². The Balaban J connectivity index is 1.60. The highest BCUT2D eigenvalue weighted by molar-refractivity contribution is 5.72. The predicted octanol–water partition coefficient (Wildman–Crippen LogP) is 6.41. The van der Waals surface area contributed by atoms with Gasteiger partial charge in [0.25, 0.3) is 0 Å². The lowest BCUT2D eigenvalue weighted by molar-refractivity contribution is -0.157. The SMILES string of the molecule is CCC[C@H]1CC[C@H](C(=O)O[C@H]2CC[C@H](CCC=CC=C(F)C#N)CC2)CC1. The minimum Gasteiger partial charge on any atom is -0.462 e. The number of hydrogen-bond acceptors (Lipinski definition) is 3. The van der Waals surface area contributed by atoms with Crippen LogP contribution < -0.4 is 0 Å². The van der Waals surface area contributed by atoms with Crippen molar-refractivity contribution in [2.75, 3.05) is 0 Å². The molecule has 0 atom stereocenters. The van der Waals surface area contributed by atoms with E-state index in [1.807, 2.05) is 6.08 Å². The fourth-order valence-corrected chi connectivity index (χ4v) is 4.51. The van der Waals surface area contributed by atoms with Gasteiger partial charge in [-0.3, -0.25) is 4.79 Å². The van der Waals surface area contributed by atoms with Gasteiger partial charge in [0.05, 0.1) is 5.92 Å². The Bertz CT molecular complexity index is 547. The zero-order valence-corrected chi connectivity index (χ0v) is 16.7. The third kappa shape index (κ3) is 7.87. The van der Waals surface area contributed by atoms with E-state index in [1.165, 1.54) is 37.8 Å². The summed E-state index contributed by atoms with van der Waals surface area (Å²) in [5.74, 6) is 0.882. The van der Waals surface area contributed by atoms with Crippen molar-refractivity contribution >= 4 is 5.97 Å². The summed E-state index contributed by atoms with van der Waals surface area (Å²) in [4.78, 5) is 12.4. The Kier molecular flexibility index (Phi) is 9.59.